The van der Waals surface area contributed by atoms with Crippen LogP contribution in [0.25, 0.3) is 16.8 Å². The number of carbonyl (C=O) groups excluding carboxylic acids is 1. The minimum Gasteiger partial charge on any atom is -0.388 e. The molecule has 0 unspecified atom stereocenters. The van der Waals surface area contributed by atoms with Gasteiger partial charge in [-0.1, -0.05) is 25.3 Å². The van der Waals surface area contributed by atoms with Crippen LogP contribution >= 0.6 is 0 Å². The van der Waals surface area contributed by atoms with Gasteiger partial charge in [0.2, 0.25) is 5.82 Å². The first-order valence-corrected chi connectivity index (χ1v) is 9.29. The van der Waals surface area contributed by atoms with Gasteiger partial charge in [0, 0.05) is 18.3 Å². The molecule has 0 spiro atoms. The highest BCUT2D eigenvalue weighted by molar-refractivity contribution is 5.94. The number of aromatic nitrogens is 2. The summed E-state index contributed by atoms with van der Waals surface area (Å²) in [4.78, 5) is 17.3. The lowest BCUT2D eigenvalue weighted by Gasteiger charge is -2.31. The van der Waals surface area contributed by atoms with Crippen molar-refractivity contribution in [3.8, 4) is 11.3 Å². The number of benzene rings is 1. The summed E-state index contributed by atoms with van der Waals surface area (Å²) in [6.07, 6.45) is 6.27. The zero-order valence-corrected chi connectivity index (χ0v) is 15.0. The summed E-state index contributed by atoms with van der Waals surface area (Å²) in [7, 11) is 0. The standard InChI is InChI=1S/C21H22FN3O2/c22-16-9-7-15(8-10-16)18-17-6-2-5-13-25(17)19(24-18)20(26)23-14-21(27)11-3-1-4-12-21/h2,5-10,13,27H,1,3-4,11-12,14H2,(H,23,26). The maximum atomic E-state index is 13.2. The fraction of sp³-hybridized carbons (Fsp3) is 0.333. The summed E-state index contributed by atoms with van der Waals surface area (Å²) >= 11 is 0. The van der Waals surface area contributed by atoms with Crippen LogP contribution in [0.15, 0.2) is 48.7 Å². The van der Waals surface area contributed by atoms with Gasteiger partial charge in [0.05, 0.1) is 16.8 Å². The monoisotopic (exact) mass is 367 g/mol. The summed E-state index contributed by atoms with van der Waals surface area (Å²) in [6.45, 7) is 0.222. The Kier molecular flexibility index (Phi) is 4.66. The summed E-state index contributed by atoms with van der Waals surface area (Å²) in [5.74, 6) is -0.395. The highest BCUT2D eigenvalue weighted by atomic mass is 19.1. The number of amides is 1. The van der Waals surface area contributed by atoms with Crippen molar-refractivity contribution < 1.29 is 14.3 Å². The van der Waals surface area contributed by atoms with Crippen LogP contribution in [0.3, 0.4) is 0 Å². The number of rotatable bonds is 4. The average Bonchev–Trinajstić information content (AvgIpc) is 3.07. The lowest BCUT2D eigenvalue weighted by atomic mass is 9.85. The number of pyridine rings is 1. The molecule has 1 aliphatic carbocycles. The van der Waals surface area contributed by atoms with Gasteiger partial charge in [-0.3, -0.25) is 9.20 Å². The molecule has 1 aliphatic rings. The van der Waals surface area contributed by atoms with Crippen molar-refractivity contribution in [1.29, 1.82) is 0 Å². The molecule has 140 valence electrons. The molecule has 0 aliphatic heterocycles. The number of nitrogens with zero attached hydrogens (tertiary/aromatic N) is 2. The van der Waals surface area contributed by atoms with Crippen molar-refractivity contribution in [3.63, 3.8) is 0 Å². The third-order valence-electron chi connectivity index (χ3n) is 5.23. The average molecular weight is 367 g/mol. The first kappa shape index (κ1) is 17.7. The quantitative estimate of drug-likeness (QED) is 0.741. The molecule has 1 fully saturated rings. The van der Waals surface area contributed by atoms with Crippen molar-refractivity contribution in [3.05, 3.63) is 60.3 Å². The molecule has 1 amide bonds. The second-order valence-corrected chi connectivity index (χ2v) is 7.21. The molecule has 5 nitrogen and oxygen atoms in total. The van der Waals surface area contributed by atoms with E-state index in [0.29, 0.717) is 18.5 Å². The first-order chi connectivity index (χ1) is 13.1. The van der Waals surface area contributed by atoms with Crippen molar-refractivity contribution in [1.82, 2.24) is 14.7 Å². The summed E-state index contributed by atoms with van der Waals surface area (Å²) in [5.41, 5.74) is 1.30. The molecule has 0 bridgehead atoms. The molecule has 0 radical (unpaired) electrons. The summed E-state index contributed by atoms with van der Waals surface area (Å²) in [6, 6.07) is 11.6. The van der Waals surface area contributed by atoms with Crippen molar-refractivity contribution in [2.24, 2.45) is 0 Å². The maximum absolute atomic E-state index is 13.2. The fourth-order valence-electron chi connectivity index (χ4n) is 3.73. The summed E-state index contributed by atoms with van der Waals surface area (Å²) < 4.78 is 15.0. The van der Waals surface area contributed by atoms with Crippen LogP contribution in [0.4, 0.5) is 4.39 Å². The maximum Gasteiger partial charge on any atom is 0.287 e. The number of fused-ring (bicyclic) bond motifs is 1. The second-order valence-electron chi connectivity index (χ2n) is 7.21. The topological polar surface area (TPSA) is 66.6 Å². The Bertz CT molecular complexity index is 959. The predicted octanol–water partition coefficient (Wildman–Crippen LogP) is 3.57. The van der Waals surface area contributed by atoms with E-state index in [2.05, 4.69) is 10.3 Å². The van der Waals surface area contributed by atoms with E-state index in [1.165, 1.54) is 12.1 Å². The SMILES string of the molecule is O=C(NCC1(O)CCCCC1)c1nc(-c2ccc(F)cc2)c2ccccn12. The van der Waals surface area contributed by atoms with Gasteiger partial charge in [0.1, 0.15) is 5.82 Å². The highest BCUT2D eigenvalue weighted by Crippen LogP contribution is 2.28. The van der Waals surface area contributed by atoms with E-state index in [1.54, 1.807) is 22.7 Å². The fourth-order valence-corrected chi connectivity index (χ4v) is 3.73. The molecule has 0 atom stereocenters. The number of aliphatic hydroxyl groups is 1. The zero-order chi connectivity index (χ0) is 18.9. The Balaban J connectivity index is 1.63. The lowest BCUT2D eigenvalue weighted by Crippen LogP contribution is -2.44. The first-order valence-electron chi connectivity index (χ1n) is 9.29. The van der Waals surface area contributed by atoms with Gasteiger partial charge in [-0.2, -0.15) is 0 Å². The highest BCUT2D eigenvalue weighted by Gasteiger charge is 2.30. The smallest absolute Gasteiger partial charge is 0.287 e. The number of hydrogen-bond donors (Lipinski definition) is 2. The Hall–Kier alpha value is -2.73. The minimum atomic E-state index is -0.833. The van der Waals surface area contributed by atoms with Gasteiger partial charge < -0.3 is 10.4 Å². The van der Waals surface area contributed by atoms with Crippen LogP contribution in [-0.4, -0.2) is 32.5 Å². The van der Waals surface area contributed by atoms with E-state index < -0.39 is 5.60 Å². The molecule has 3 aromatic rings. The van der Waals surface area contributed by atoms with Crippen LogP contribution in [0, 0.1) is 5.82 Å². The number of halogens is 1. The Labute approximate surface area is 156 Å². The van der Waals surface area contributed by atoms with Gasteiger partial charge in [-0.25, -0.2) is 9.37 Å². The van der Waals surface area contributed by atoms with Gasteiger partial charge in [-0.05, 0) is 49.2 Å². The molecule has 2 N–H and O–H groups in total. The van der Waals surface area contributed by atoms with Gasteiger partial charge in [0.15, 0.2) is 0 Å². The molecule has 4 rings (SSSR count). The Morgan fingerprint density at radius 1 is 1.15 bits per heavy atom. The van der Waals surface area contributed by atoms with Crippen LogP contribution < -0.4 is 5.32 Å². The van der Waals surface area contributed by atoms with Crippen LogP contribution in [-0.2, 0) is 0 Å². The molecule has 6 heteroatoms. The van der Waals surface area contributed by atoms with E-state index in [0.717, 1.165) is 30.3 Å². The molecule has 2 aromatic heterocycles. The Morgan fingerprint density at radius 2 is 1.89 bits per heavy atom. The second kappa shape index (κ2) is 7.12. The Morgan fingerprint density at radius 3 is 2.63 bits per heavy atom. The van der Waals surface area contributed by atoms with E-state index in [9.17, 15) is 14.3 Å². The van der Waals surface area contributed by atoms with Crippen molar-refractivity contribution in [2.45, 2.75) is 37.7 Å². The van der Waals surface area contributed by atoms with Crippen LogP contribution in [0.2, 0.25) is 0 Å². The van der Waals surface area contributed by atoms with Crippen molar-refractivity contribution >= 4 is 11.4 Å². The number of carbonyl (C=O) groups is 1. The molecule has 1 saturated carbocycles. The number of imidazole rings is 1. The predicted molar refractivity (Wildman–Crippen MR) is 101 cm³/mol. The molecular formula is C21H22FN3O2. The third-order valence-corrected chi connectivity index (χ3v) is 5.23. The largest absolute Gasteiger partial charge is 0.388 e. The van der Waals surface area contributed by atoms with Gasteiger partial charge in [0.25, 0.3) is 5.91 Å². The minimum absolute atomic E-state index is 0.222. The molecular weight excluding hydrogens is 345 g/mol. The molecule has 1 aromatic carbocycles. The summed E-state index contributed by atoms with van der Waals surface area (Å²) in [5, 5.41) is 13.5. The molecule has 2 heterocycles. The van der Waals surface area contributed by atoms with E-state index in [1.807, 2.05) is 18.2 Å². The zero-order valence-electron chi connectivity index (χ0n) is 15.0. The van der Waals surface area contributed by atoms with Crippen LogP contribution in [0.5, 0.6) is 0 Å². The number of hydrogen-bond acceptors (Lipinski definition) is 3. The van der Waals surface area contributed by atoms with E-state index in [-0.39, 0.29) is 24.1 Å². The lowest BCUT2D eigenvalue weighted by molar-refractivity contribution is 0.00516. The van der Waals surface area contributed by atoms with Crippen molar-refractivity contribution in [2.75, 3.05) is 6.54 Å². The molecule has 27 heavy (non-hydrogen) atoms. The van der Waals surface area contributed by atoms with Gasteiger partial charge >= 0.3 is 0 Å². The normalized spacial score (nSPS) is 16.4. The molecule has 0 saturated heterocycles. The van der Waals surface area contributed by atoms with Gasteiger partial charge in [-0.15, -0.1) is 0 Å². The van der Waals surface area contributed by atoms with E-state index >= 15 is 0 Å². The number of nitrogens with one attached hydrogen (secondary N) is 1. The van der Waals surface area contributed by atoms with E-state index in [4.69, 9.17) is 0 Å². The van der Waals surface area contributed by atoms with Crippen LogP contribution in [0.1, 0.15) is 42.7 Å². The third kappa shape index (κ3) is 3.57.